The Morgan fingerprint density at radius 1 is 0.636 bits per heavy atom. The summed E-state index contributed by atoms with van der Waals surface area (Å²) >= 11 is 0. The minimum Gasteiger partial charge on any atom is -0.394 e. The van der Waals surface area contributed by atoms with Gasteiger partial charge in [0.05, 0.1) is 33.0 Å². The van der Waals surface area contributed by atoms with Crippen molar-refractivity contribution in [3.8, 4) is 0 Å². The van der Waals surface area contributed by atoms with Gasteiger partial charge in [-0.25, -0.2) is 0 Å². The number of hydrogen-bond donors (Lipinski definition) is 8. The quantitative estimate of drug-likeness (QED) is 0.197. The highest BCUT2D eigenvalue weighted by molar-refractivity contribution is 7.86. The molecule has 0 aliphatic rings. The van der Waals surface area contributed by atoms with Gasteiger partial charge < -0.3 is 30.6 Å². The molecule has 0 aromatic rings. The smallest absolute Gasteiger partial charge is 0.267 e. The second-order valence-electron chi connectivity index (χ2n) is 3.73. The van der Waals surface area contributed by atoms with Crippen LogP contribution in [0.3, 0.4) is 0 Å². The van der Waals surface area contributed by atoms with Crippen LogP contribution in [0.4, 0.5) is 0 Å². The van der Waals surface area contributed by atoms with Crippen molar-refractivity contribution in [2.24, 2.45) is 0 Å². The molecule has 12 nitrogen and oxygen atoms in total. The molecule has 0 amide bonds. The zero-order chi connectivity index (χ0) is 18.4. The standard InChI is InChI=1S/C4H10O8S2.2C2H6O2/c5-1-4(6,2-13(7,8)9)3-14(10,11)12;2*3-1-2-4/h5-6H,1-3H2,(H,7,8,9)(H,10,11,12);2*3-4H,1-2H2. The van der Waals surface area contributed by atoms with Crippen LogP contribution in [0.25, 0.3) is 0 Å². The van der Waals surface area contributed by atoms with E-state index in [9.17, 15) is 16.8 Å². The fourth-order valence-corrected chi connectivity index (χ4v) is 2.69. The van der Waals surface area contributed by atoms with E-state index >= 15 is 0 Å². The van der Waals surface area contributed by atoms with Crippen molar-refractivity contribution in [2.75, 3.05) is 44.5 Å². The summed E-state index contributed by atoms with van der Waals surface area (Å²) in [5.74, 6) is -2.76. The first-order valence-electron chi connectivity index (χ1n) is 5.47. The Labute approximate surface area is 127 Å². The summed E-state index contributed by atoms with van der Waals surface area (Å²) in [5, 5.41) is 48.2. The molecule has 138 valence electrons. The first kappa shape index (κ1) is 26.5. The monoisotopic (exact) mass is 374 g/mol. The van der Waals surface area contributed by atoms with Crippen molar-refractivity contribution in [2.45, 2.75) is 5.60 Å². The third-order valence-electron chi connectivity index (χ3n) is 1.40. The highest BCUT2D eigenvalue weighted by Gasteiger charge is 2.36. The molecular weight excluding hydrogens is 352 g/mol. The van der Waals surface area contributed by atoms with Crippen LogP contribution in [-0.4, -0.2) is 107 Å². The van der Waals surface area contributed by atoms with Gasteiger partial charge in [0, 0.05) is 0 Å². The summed E-state index contributed by atoms with van der Waals surface area (Å²) in [6, 6.07) is 0. The zero-order valence-corrected chi connectivity index (χ0v) is 13.1. The Hall–Kier alpha value is -0.420. The lowest BCUT2D eigenvalue weighted by Crippen LogP contribution is -2.46. The SMILES string of the molecule is O=S(=O)(O)CC(O)(CO)CS(=O)(=O)O.OCCO.OCCO. The Bertz CT molecular complexity index is 400. The molecule has 0 fully saturated rings. The second kappa shape index (κ2) is 13.1. The summed E-state index contributed by atoms with van der Waals surface area (Å²) in [4.78, 5) is 0. The van der Waals surface area contributed by atoms with E-state index in [4.69, 9.17) is 39.7 Å². The number of aliphatic hydroxyl groups excluding tert-OH is 5. The van der Waals surface area contributed by atoms with E-state index in [0.717, 1.165) is 0 Å². The largest absolute Gasteiger partial charge is 0.394 e. The number of aliphatic hydroxyl groups is 6. The van der Waals surface area contributed by atoms with E-state index < -0.39 is 43.9 Å². The molecular formula is C8H22O12S2. The van der Waals surface area contributed by atoms with E-state index in [1.54, 1.807) is 0 Å². The Morgan fingerprint density at radius 3 is 0.955 bits per heavy atom. The van der Waals surface area contributed by atoms with Crippen LogP contribution in [0.2, 0.25) is 0 Å². The van der Waals surface area contributed by atoms with Crippen molar-refractivity contribution in [3.05, 3.63) is 0 Å². The molecule has 0 saturated heterocycles. The maximum absolute atomic E-state index is 10.3. The first-order chi connectivity index (χ1) is 9.80. The van der Waals surface area contributed by atoms with Crippen LogP contribution < -0.4 is 0 Å². The highest BCUT2D eigenvalue weighted by atomic mass is 32.2. The summed E-state index contributed by atoms with van der Waals surface area (Å²) in [6.45, 7) is -1.73. The summed E-state index contributed by atoms with van der Waals surface area (Å²) in [7, 11) is -9.30. The predicted molar refractivity (Wildman–Crippen MR) is 73.2 cm³/mol. The molecule has 22 heavy (non-hydrogen) atoms. The molecule has 0 unspecified atom stereocenters. The maximum Gasteiger partial charge on any atom is 0.267 e. The van der Waals surface area contributed by atoms with E-state index in [-0.39, 0.29) is 26.4 Å². The van der Waals surface area contributed by atoms with Gasteiger partial charge in [-0.1, -0.05) is 0 Å². The van der Waals surface area contributed by atoms with Gasteiger partial charge in [0.1, 0.15) is 17.1 Å². The lowest BCUT2D eigenvalue weighted by molar-refractivity contribution is 0.0217. The molecule has 0 spiro atoms. The van der Waals surface area contributed by atoms with Crippen LogP contribution >= 0.6 is 0 Å². The Balaban J connectivity index is -0.000000372. The minimum absolute atomic E-state index is 0.125. The van der Waals surface area contributed by atoms with E-state index in [0.29, 0.717) is 0 Å². The molecule has 8 N–H and O–H groups in total. The van der Waals surface area contributed by atoms with Crippen molar-refractivity contribution < 1.29 is 56.6 Å². The molecule has 0 atom stereocenters. The number of rotatable bonds is 7. The van der Waals surface area contributed by atoms with E-state index in [1.165, 1.54) is 0 Å². The van der Waals surface area contributed by atoms with Crippen molar-refractivity contribution in [1.29, 1.82) is 0 Å². The normalized spacial score (nSPS) is 11.8. The average molecular weight is 374 g/mol. The van der Waals surface area contributed by atoms with Gasteiger partial charge in [0.25, 0.3) is 20.2 Å². The molecule has 0 saturated carbocycles. The van der Waals surface area contributed by atoms with Gasteiger partial charge in [-0.2, -0.15) is 16.8 Å². The van der Waals surface area contributed by atoms with Gasteiger partial charge in [-0.05, 0) is 0 Å². The van der Waals surface area contributed by atoms with Crippen molar-refractivity contribution >= 4 is 20.2 Å². The topological polar surface area (TPSA) is 230 Å². The zero-order valence-electron chi connectivity index (χ0n) is 11.5. The second-order valence-corrected chi connectivity index (χ2v) is 6.63. The van der Waals surface area contributed by atoms with Crippen LogP contribution in [0, 0.1) is 0 Å². The molecule has 0 aliphatic carbocycles. The molecule has 0 aromatic heterocycles. The summed E-state index contributed by atoms with van der Waals surface area (Å²) < 4.78 is 57.8. The van der Waals surface area contributed by atoms with E-state index in [1.807, 2.05) is 0 Å². The van der Waals surface area contributed by atoms with Crippen molar-refractivity contribution in [1.82, 2.24) is 0 Å². The highest BCUT2D eigenvalue weighted by Crippen LogP contribution is 2.09. The van der Waals surface area contributed by atoms with Gasteiger partial charge in [0.2, 0.25) is 0 Å². The van der Waals surface area contributed by atoms with Crippen LogP contribution in [0.15, 0.2) is 0 Å². The van der Waals surface area contributed by atoms with Gasteiger partial charge in [0.15, 0.2) is 0 Å². The molecule has 0 bridgehead atoms. The fraction of sp³-hybridized carbons (Fsp3) is 1.00. The molecule has 0 aliphatic heterocycles. The predicted octanol–water partition coefficient (Wildman–Crippen LogP) is -4.57. The van der Waals surface area contributed by atoms with Crippen LogP contribution in [-0.2, 0) is 20.2 Å². The Morgan fingerprint density at radius 2 is 0.864 bits per heavy atom. The van der Waals surface area contributed by atoms with Gasteiger partial charge >= 0.3 is 0 Å². The van der Waals surface area contributed by atoms with Gasteiger partial charge in [-0.3, -0.25) is 9.11 Å². The fourth-order valence-electron chi connectivity index (χ4n) is 0.812. The number of hydrogen-bond acceptors (Lipinski definition) is 10. The average Bonchev–Trinajstić information content (AvgIpc) is 2.35. The van der Waals surface area contributed by atoms with Crippen LogP contribution in [0.5, 0.6) is 0 Å². The van der Waals surface area contributed by atoms with E-state index in [2.05, 4.69) is 0 Å². The summed E-state index contributed by atoms with van der Waals surface area (Å²) in [5.41, 5.74) is -2.61. The van der Waals surface area contributed by atoms with Crippen molar-refractivity contribution in [3.63, 3.8) is 0 Å². The third-order valence-corrected chi connectivity index (χ3v) is 3.20. The Kier molecular flexibility index (Phi) is 15.7. The third kappa shape index (κ3) is 24.6. The lowest BCUT2D eigenvalue weighted by atomic mass is 10.1. The minimum atomic E-state index is -4.65. The van der Waals surface area contributed by atoms with Gasteiger partial charge in [-0.15, -0.1) is 0 Å². The lowest BCUT2D eigenvalue weighted by Gasteiger charge is -2.21. The molecule has 0 rings (SSSR count). The first-order valence-corrected chi connectivity index (χ1v) is 8.69. The maximum atomic E-state index is 10.3. The van der Waals surface area contributed by atoms with Crippen LogP contribution in [0.1, 0.15) is 0 Å². The molecule has 0 aromatic carbocycles. The summed E-state index contributed by atoms with van der Waals surface area (Å²) in [6.07, 6.45) is 0. The molecule has 0 heterocycles. The molecule has 0 radical (unpaired) electrons. The molecule has 14 heteroatoms.